The summed E-state index contributed by atoms with van der Waals surface area (Å²) in [6.07, 6.45) is 0.418. The first-order chi connectivity index (χ1) is 6.56. The van der Waals surface area contributed by atoms with E-state index in [1.165, 1.54) is 4.90 Å². The zero-order chi connectivity index (χ0) is 10.7. The molecule has 2 N–H and O–H groups in total. The van der Waals surface area contributed by atoms with Crippen LogP contribution in [0.2, 0.25) is 0 Å². The Labute approximate surface area is 84.0 Å². The minimum atomic E-state index is -0.629. The van der Waals surface area contributed by atoms with Gasteiger partial charge in [0.25, 0.3) is 0 Å². The van der Waals surface area contributed by atoms with Crippen molar-refractivity contribution in [1.82, 2.24) is 4.90 Å². The lowest BCUT2D eigenvalue weighted by atomic mass is 10.1. The van der Waals surface area contributed by atoms with Crippen LogP contribution < -0.4 is 5.73 Å². The van der Waals surface area contributed by atoms with Crippen molar-refractivity contribution in [2.45, 2.75) is 25.4 Å². The summed E-state index contributed by atoms with van der Waals surface area (Å²) >= 11 is 0. The molecule has 0 spiro atoms. The van der Waals surface area contributed by atoms with Gasteiger partial charge < -0.3 is 15.4 Å². The van der Waals surface area contributed by atoms with Crippen molar-refractivity contribution in [2.75, 3.05) is 13.2 Å². The van der Waals surface area contributed by atoms with Crippen LogP contribution in [0.3, 0.4) is 0 Å². The van der Waals surface area contributed by atoms with E-state index in [9.17, 15) is 9.59 Å². The van der Waals surface area contributed by atoms with Gasteiger partial charge in [-0.25, -0.2) is 4.79 Å². The summed E-state index contributed by atoms with van der Waals surface area (Å²) in [5.41, 5.74) is 5.63. The number of hydrogen-bond donors (Lipinski definition) is 1. The third-order valence-corrected chi connectivity index (χ3v) is 2.18. The minimum Gasteiger partial charge on any atom is -0.464 e. The van der Waals surface area contributed by atoms with Crippen LogP contribution in [0.4, 0.5) is 4.79 Å². The van der Waals surface area contributed by atoms with Gasteiger partial charge in [0.2, 0.25) is 7.85 Å². The first kappa shape index (κ1) is 11.0. The smallest absolute Gasteiger partial charge is 0.328 e. The Balaban J connectivity index is 2.66. The molecule has 1 heterocycles. The van der Waals surface area contributed by atoms with Gasteiger partial charge in [0.05, 0.1) is 6.61 Å². The quantitative estimate of drug-likeness (QED) is 0.465. The second-order valence-electron chi connectivity index (χ2n) is 3.25. The van der Waals surface area contributed by atoms with Gasteiger partial charge >= 0.3 is 5.97 Å². The fourth-order valence-electron chi connectivity index (χ4n) is 1.57. The average Bonchev–Trinajstić information content (AvgIpc) is 2.48. The minimum absolute atomic E-state index is 0.197. The molecule has 76 valence electrons. The highest BCUT2D eigenvalue weighted by Crippen LogP contribution is 2.17. The van der Waals surface area contributed by atoms with Crippen molar-refractivity contribution < 1.29 is 14.3 Å². The van der Waals surface area contributed by atoms with Crippen LogP contribution in [0.15, 0.2) is 0 Å². The molecular weight excluding hydrogens is 183 g/mol. The van der Waals surface area contributed by atoms with Crippen molar-refractivity contribution in [3.05, 3.63) is 0 Å². The molecule has 2 radical (unpaired) electrons. The normalized spacial score (nSPS) is 26.3. The van der Waals surface area contributed by atoms with Gasteiger partial charge in [-0.3, -0.25) is 4.79 Å². The third kappa shape index (κ3) is 2.26. The van der Waals surface area contributed by atoms with Gasteiger partial charge in [0, 0.05) is 12.6 Å². The van der Waals surface area contributed by atoms with Gasteiger partial charge in [-0.05, 0) is 13.3 Å². The van der Waals surface area contributed by atoms with Gasteiger partial charge in [-0.15, -0.1) is 0 Å². The second kappa shape index (κ2) is 4.46. The lowest BCUT2D eigenvalue weighted by Crippen LogP contribution is -2.41. The first-order valence-electron chi connectivity index (χ1n) is 4.54. The molecule has 1 saturated heterocycles. The number of rotatable bonds is 2. The van der Waals surface area contributed by atoms with Crippen LogP contribution in [0.5, 0.6) is 0 Å². The van der Waals surface area contributed by atoms with Crippen LogP contribution in [0.25, 0.3) is 0 Å². The number of nitrogens with two attached hydrogens (primary N) is 1. The van der Waals surface area contributed by atoms with Crippen LogP contribution in [0, 0.1) is 0 Å². The van der Waals surface area contributed by atoms with Crippen molar-refractivity contribution in [1.29, 1.82) is 0 Å². The lowest BCUT2D eigenvalue weighted by Gasteiger charge is -2.21. The predicted molar refractivity (Wildman–Crippen MR) is 50.9 cm³/mol. The number of carbonyl (C=O) groups is 2. The molecule has 0 aromatic heterocycles. The maximum atomic E-state index is 11.4. The fourth-order valence-corrected chi connectivity index (χ4v) is 1.57. The standard InChI is InChI=1S/C8H13BN2O3/c1-2-14-7(12)6-3-5(10)4-11(6)8(9)13/h5-6H,2-4,10H2,1H3/t5-,6-/m1/s1. The Bertz CT molecular complexity index is 247. The van der Waals surface area contributed by atoms with E-state index < -0.39 is 17.8 Å². The van der Waals surface area contributed by atoms with Crippen molar-refractivity contribution in [3.8, 4) is 0 Å². The molecule has 2 atom stereocenters. The Morgan fingerprint density at radius 3 is 2.79 bits per heavy atom. The Morgan fingerprint density at radius 2 is 2.29 bits per heavy atom. The summed E-state index contributed by atoms with van der Waals surface area (Å²) < 4.78 is 4.81. The highest BCUT2D eigenvalue weighted by molar-refractivity contribution is 6.57. The van der Waals surface area contributed by atoms with E-state index in [2.05, 4.69) is 0 Å². The Kier molecular flexibility index (Phi) is 3.52. The lowest BCUT2D eigenvalue weighted by molar-refractivity contribution is -0.147. The first-order valence-corrected chi connectivity index (χ1v) is 4.54. The summed E-state index contributed by atoms with van der Waals surface area (Å²) in [6.45, 7) is 2.32. The fraction of sp³-hybridized carbons (Fsp3) is 0.750. The van der Waals surface area contributed by atoms with E-state index in [1.807, 2.05) is 0 Å². The molecule has 0 saturated carbocycles. The molecular formula is C8H13BN2O3. The highest BCUT2D eigenvalue weighted by Gasteiger charge is 2.37. The molecule has 1 aliphatic heterocycles. The zero-order valence-electron chi connectivity index (χ0n) is 8.10. The van der Waals surface area contributed by atoms with E-state index in [0.29, 0.717) is 13.0 Å². The van der Waals surface area contributed by atoms with Crippen molar-refractivity contribution in [2.24, 2.45) is 5.73 Å². The number of hydrogen-bond acceptors (Lipinski definition) is 4. The van der Waals surface area contributed by atoms with E-state index in [0.717, 1.165) is 0 Å². The zero-order valence-corrected chi connectivity index (χ0v) is 8.10. The van der Waals surface area contributed by atoms with E-state index >= 15 is 0 Å². The number of ether oxygens (including phenoxy) is 1. The molecule has 1 rings (SSSR count). The molecule has 5 nitrogen and oxygen atoms in total. The summed E-state index contributed by atoms with van der Waals surface area (Å²) in [7, 11) is 5.11. The largest absolute Gasteiger partial charge is 0.464 e. The summed E-state index contributed by atoms with van der Waals surface area (Å²) in [5, 5.41) is 0. The van der Waals surface area contributed by atoms with Crippen molar-refractivity contribution in [3.63, 3.8) is 0 Å². The summed E-state index contributed by atoms with van der Waals surface area (Å²) in [6, 6.07) is -0.806. The molecule has 0 unspecified atom stereocenters. The molecule has 14 heavy (non-hydrogen) atoms. The van der Waals surface area contributed by atoms with Gasteiger partial charge in [0.15, 0.2) is 5.81 Å². The van der Waals surface area contributed by atoms with Crippen LogP contribution in [-0.4, -0.2) is 49.8 Å². The Hall–Kier alpha value is -1.04. The van der Waals surface area contributed by atoms with Crippen LogP contribution >= 0.6 is 0 Å². The number of amides is 1. The summed E-state index contributed by atoms with van der Waals surface area (Å²) in [5.74, 6) is -1.06. The molecule has 0 aromatic carbocycles. The van der Waals surface area contributed by atoms with Gasteiger partial charge in [-0.2, -0.15) is 0 Å². The SMILES string of the molecule is [B]C(=O)N1C[C@H](N)C[C@@H]1C(=O)OCC. The maximum absolute atomic E-state index is 11.4. The number of likely N-dealkylation sites (tertiary alicyclic amines) is 1. The van der Waals surface area contributed by atoms with Crippen molar-refractivity contribution >= 4 is 19.6 Å². The van der Waals surface area contributed by atoms with E-state index in [4.69, 9.17) is 18.3 Å². The second-order valence-corrected chi connectivity index (χ2v) is 3.25. The highest BCUT2D eigenvalue weighted by atomic mass is 16.5. The molecule has 6 heteroatoms. The number of esters is 1. The molecule has 1 amide bonds. The van der Waals surface area contributed by atoms with Gasteiger partial charge in [0.1, 0.15) is 6.04 Å². The van der Waals surface area contributed by atoms with E-state index in [1.54, 1.807) is 6.92 Å². The van der Waals surface area contributed by atoms with Crippen LogP contribution in [-0.2, 0) is 9.53 Å². The Morgan fingerprint density at radius 1 is 1.64 bits per heavy atom. The molecule has 0 bridgehead atoms. The summed E-state index contributed by atoms with van der Waals surface area (Å²) in [4.78, 5) is 23.6. The predicted octanol–water partition coefficient (Wildman–Crippen LogP) is -0.760. The average molecular weight is 196 g/mol. The topological polar surface area (TPSA) is 72.6 Å². The molecule has 0 aromatic rings. The maximum Gasteiger partial charge on any atom is 0.328 e. The molecule has 1 fully saturated rings. The van der Waals surface area contributed by atoms with E-state index in [-0.39, 0.29) is 12.6 Å². The molecule has 1 aliphatic rings. The van der Waals surface area contributed by atoms with Gasteiger partial charge in [-0.1, -0.05) is 0 Å². The number of nitrogens with zero attached hydrogens (tertiary/aromatic N) is 1. The van der Waals surface area contributed by atoms with Crippen LogP contribution in [0.1, 0.15) is 13.3 Å². The molecule has 0 aliphatic carbocycles. The number of carbonyl (C=O) groups excluding carboxylic acids is 2. The monoisotopic (exact) mass is 196 g/mol. The third-order valence-electron chi connectivity index (χ3n) is 2.18.